The molecule has 0 unspecified atom stereocenters. The van der Waals surface area contributed by atoms with E-state index in [4.69, 9.17) is 16.3 Å². The van der Waals surface area contributed by atoms with Crippen LogP contribution < -0.4 is 10.1 Å². The largest absolute Gasteiger partial charge is 0.496 e. The van der Waals surface area contributed by atoms with Gasteiger partial charge >= 0.3 is 0 Å². The number of aromatic nitrogens is 2. The standard InChI is InChI=1S/C16H22ClN3O2/c1-11(14-7-13(17)5-6-15(14)22-4)18-10-16(2,21)12-8-19-20(3)9-12/h5-9,11,18,21H,10H2,1-4H3/t11-,16+/m0/s1. The number of methoxy groups -OCH3 is 1. The second-order valence-corrected chi connectivity index (χ2v) is 6.10. The number of hydrogen-bond donors (Lipinski definition) is 2. The molecule has 1 aromatic carbocycles. The Labute approximate surface area is 135 Å². The third-order valence-electron chi connectivity index (χ3n) is 3.74. The smallest absolute Gasteiger partial charge is 0.123 e. The summed E-state index contributed by atoms with van der Waals surface area (Å²) in [6, 6.07) is 5.49. The molecule has 0 aliphatic carbocycles. The molecule has 1 aromatic heterocycles. The molecule has 6 heteroatoms. The van der Waals surface area contributed by atoms with E-state index in [-0.39, 0.29) is 6.04 Å². The fourth-order valence-electron chi connectivity index (χ4n) is 2.31. The summed E-state index contributed by atoms with van der Waals surface area (Å²) in [6.07, 6.45) is 3.48. The normalized spacial score (nSPS) is 15.4. The predicted molar refractivity (Wildman–Crippen MR) is 87.2 cm³/mol. The fourth-order valence-corrected chi connectivity index (χ4v) is 2.49. The van der Waals surface area contributed by atoms with Gasteiger partial charge in [-0.25, -0.2) is 0 Å². The first-order valence-corrected chi connectivity index (χ1v) is 7.49. The van der Waals surface area contributed by atoms with Crippen LogP contribution in [0.1, 0.15) is 31.0 Å². The van der Waals surface area contributed by atoms with Crippen molar-refractivity contribution in [1.29, 1.82) is 0 Å². The fraction of sp³-hybridized carbons (Fsp3) is 0.438. The topological polar surface area (TPSA) is 59.3 Å². The van der Waals surface area contributed by atoms with Crippen molar-refractivity contribution in [3.05, 3.63) is 46.7 Å². The van der Waals surface area contributed by atoms with Crippen LogP contribution in [-0.4, -0.2) is 28.5 Å². The number of benzene rings is 1. The molecule has 120 valence electrons. The van der Waals surface area contributed by atoms with Crippen molar-refractivity contribution in [3.8, 4) is 5.75 Å². The van der Waals surface area contributed by atoms with Crippen molar-refractivity contribution in [2.45, 2.75) is 25.5 Å². The molecule has 0 saturated heterocycles. The van der Waals surface area contributed by atoms with E-state index in [0.29, 0.717) is 11.6 Å². The van der Waals surface area contributed by atoms with Gasteiger partial charge in [-0.2, -0.15) is 5.10 Å². The van der Waals surface area contributed by atoms with E-state index in [9.17, 15) is 5.11 Å². The van der Waals surface area contributed by atoms with Crippen LogP contribution >= 0.6 is 11.6 Å². The van der Waals surface area contributed by atoms with Gasteiger partial charge in [0.1, 0.15) is 11.4 Å². The Kier molecular flexibility index (Phi) is 5.11. The van der Waals surface area contributed by atoms with Gasteiger partial charge in [0.15, 0.2) is 0 Å². The molecule has 0 saturated carbocycles. The summed E-state index contributed by atoms with van der Waals surface area (Å²) in [7, 11) is 3.46. The maximum absolute atomic E-state index is 10.6. The number of rotatable bonds is 6. The molecule has 0 amide bonds. The SMILES string of the molecule is COc1ccc(Cl)cc1[C@H](C)NC[C@@](C)(O)c1cnn(C)c1. The molecular weight excluding hydrogens is 302 g/mol. The average molecular weight is 324 g/mol. The van der Waals surface area contributed by atoms with Crippen LogP contribution in [-0.2, 0) is 12.6 Å². The molecule has 0 aliphatic rings. The Morgan fingerprint density at radius 1 is 1.50 bits per heavy atom. The summed E-state index contributed by atoms with van der Waals surface area (Å²) in [6.45, 7) is 4.15. The monoisotopic (exact) mass is 323 g/mol. The first-order chi connectivity index (χ1) is 10.3. The molecule has 1 heterocycles. The van der Waals surface area contributed by atoms with Gasteiger partial charge in [-0.05, 0) is 32.0 Å². The predicted octanol–water partition coefficient (Wildman–Crippen LogP) is 2.64. The second-order valence-electron chi connectivity index (χ2n) is 5.67. The third-order valence-corrected chi connectivity index (χ3v) is 3.97. The van der Waals surface area contributed by atoms with Crippen LogP contribution in [0.25, 0.3) is 0 Å². The van der Waals surface area contributed by atoms with E-state index in [1.165, 1.54) is 0 Å². The van der Waals surface area contributed by atoms with Gasteiger partial charge in [0, 0.05) is 42.0 Å². The summed E-state index contributed by atoms with van der Waals surface area (Å²) >= 11 is 6.06. The molecule has 2 atom stereocenters. The third kappa shape index (κ3) is 3.80. The van der Waals surface area contributed by atoms with E-state index in [1.54, 1.807) is 31.0 Å². The summed E-state index contributed by atoms with van der Waals surface area (Å²) < 4.78 is 7.04. The molecular formula is C16H22ClN3O2. The molecule has 2 aromatic rings. The highest BCUT2D eigenvalue weighted by atomic mass is 35.5. The quantitative estimate of drug-likeness (QED) is 0.858. The van der Waals surface area contributed by atoms with Crippen LogP contribution in [0.3, 0.4) is 0 Å². The van der Waals surface area contributed by atoms with Crippen molar-refractivity contribution in [1.82, 2.24) is 15.1 Å². The van der Waals surface area contributed by atoms with E-state index >= 15 is 0 Å². The highest BCUT2D eigenvalue weighted by molar-refractivity contribution is 6.30. The van der Waals surface area contributed by atoms with Crippen molar-refractivity contribution in [2.75, 3.05) is 13.7 Å². The minimum atomic E-state index is -1.01. The van der Waals surface area contributed by atoms with Gasteiger partial charge in [0.25, 0.3) is 0 Å². The highest BCUT2D eigenvalue weighted by Gasteiger charge is 2.25. The number of nitrogens with zero attached hydrogens (tertiary/aromatic N) is 2. The molecule has 0 radical (unpaired) electrons. The van der Waals surface area contributed by atoms with Crippen molar-refractivity contribution >= 4 is 11.6 Å². The van der Waals surface area contributed by atoms with Crippen LogP contribution in [0.5, 0.6) is 5.75 Å². The van der Waals surface area contributed by atoms with Gasteiger partial charge in [0.05, 0.1) is 13.3 Å². The maximum atomic E-state index is 10.6. The zero-order valence-corrected chi connectivity index (χ0v) is 14.1. The molecule has 5 nitrogen and oxygen atoms in total. The Morgan fingerprint density at radius 3 is 2.82 bits per heavy atom. The average Bonchev–Trinajstić information content (AvgIpc) is 2.92. The lowest BCUT2D eigenvalue weighted by atomic mass is 9.98. The summed E-state index contributed by atoms with van der Waals surface area (Å²) in [5, 5.41) is 18.7. The Bertz CT molecular complexity index is 640. The van der Waals surface area contributed by atoms with Gasteiger partial charge in [-0.15, -0.1) is 0 Å². The molecule has 0 fully saturated rings. The van der Waals surface area contributed by atoms with Gasteiger partial charge in [0.2, 0.25) is 0 Å². The number of aliphatic hydroxyl groups is 1. The van der Waals surface area contributed by atoms with Crippen molar-refractivity contribution < 1.29 is 9.84 Å². The molecule has 22 heavy (non-hydrogen) atoms. The summed E-state index contributed by atoms with van der Waals surface area (Å²) in [4.78, 5) is 0. The van der Waals surface area contributed by atoms with E-state index in [2.05, 4.69) is 10.4 Å². The number of ether oxygens (including phenoxy) is 1. The van der Waals surface area contributed by atoms with Crippen molar-refractivity contribution in [3.63, 3.8) is 0 Å². The number of nitrogens with one attached hydrogen (secondary N) is 1. The van der Waals surface area contributed by atoms with E-state index < -0.39 is 5.60 Å². The second kappa shape index (κ2) is 6.69. The van der Waals surface area contributed by atoms with Crippen LogP contribution in [0.2, 0.25) is 5.02 Å². The zero-order valence-electron chi connectivity index (χ0n) is 13.3. The number of halogens is 1. The lowest BCUT2D eigenvalue weighted by Gasteiger charge is -2.26. The number of aryl methyl sites for hydroxylation is 1. The molecule has 0 bridgehead atoms. The maximum Gasteiger partial charge on any atom is 0.123 e. The molecule has 2 N–H and O–H groups in total. The first kappa shape index (κ1) is 16.8. The minimum absolute atomic E-state index is 0.0169. The van der Waals surface area contributed by atoms with Gasteiger partial charge < -0.3 is 15.2 Å². The lowest BCUT2D eigenvalue weighted by Crippen LogP contribution is -2.36. The molecule has 2 rings (SSSR count). The van der Waals surface area contributed by atoms with Crippen LogP contribution in [0.15, 0.2) is 30.6 Å². The van der Waals surface area contributed by atoms with Gasteiger partial charge in [-0.3, -0.25) is 4.68 Å². The van der Waals surface area contributed by atoms with E-state index in [1.807, 2.05) is 32.3 Å². The van der Waals surface area contributed by atoms with Crippen LogP contribution in [0, 0.1) is 0 Å². The zero-order chi connectivity index (χ0) is 16.3. The highest BCUT2D eigenvalue weighted by Crippen LogP contribution is 2.29. The van der Waals surface area contributed by atoms with Gasteiger partial charge in [-0.1, -0.05) is 11.6 Å². The Hall–Kier alpha value is -1.56. The Balaban J connectivity index is 2.09. The Morgan fingerprint density at radius 2 is 2.23 bits per heavy atom. The molecule has 0 aliphatic heterocycles. The lowest BCUT2D eigenvalue weighted by molar-refractivity contribution is 0.0542. The molecule has 0 spiro atoms. The first-order valence-electron chi connectivity index (χ1n) is 7.12. The summed E-state index contributed by atoms with van der Waals surface area (Å²) in [5.41, 5.74) is 0.721. The minimum Gasteiger partial charge on any atom is -0.496 e. The van der Waals surface area contributed by atoms with Crippen LogP contribution in [0.4, 0.5) is 0 Å². The van der Waals surface area contributed by atoms with Crippen molar-refractivity contribution in [2.24, 2.45) is 7.05 Å². The summed E-state index contributed by atoms with van der Waals surface area (Å²) in [5.74, 6) is 0.769. The van der Waals surface area contributed by atoms with E-state index in [0.717, 1.165) is 16.9 Å². The number of hydrogen-bond acceptors (Lipinski definition) is 4.